The van der Waals surface area contributed by atoms with Gasteiger partial charge in [0.25, 0.3) is 0 Å². The predicted octanol–water partition coefficient (Wildman–Crippen LogP) is 4.88. The quantitative estimate of drug-likeness (QED) is 0.759. The highest BCUT2D eigenvalue weighted by molar-refractivity contribution is 5.92. The number of carbonyl (C=O) groups excluding carboxylic acids is 1. The summed E-state index contributed by atoms with van der Waals surface area (Å²) >= 11 is 0. The molecule has 0 saturated heterocycles. The number of methoxy groups -OCH3 is 1. The maximum absolute atomic E-state index is 12.6. The van der Waals surface area contributed by atoms with E-state index in [1.54, 1.807) is 0 Å². The van der Waals surface area contributed by atoms with Crippen LogP contribution in [0.2, 0.25) is 0 Å². The molecule has 2 rings (SSSR count). The molecule has 3 nitrogen and oxygen atoms in total. The summed E-state index contributed by atoms with van der Waals surface area (Å²) in [6, 6.07) is 6.07. The number of hydrogen-bond acceptors (Lipinski definition) is 3. The van der Waals surface area contributed by atoms with E-state index in [-0.39, 0.29) is 11.5 Å². The van der Waals surface area contributed by atoms with Crippen LogP contribution in [0.15, 0.2) is 34.7 Å². The van der Waals surface area contributed by atoms with Crippen molar-refractivity contribution in [3.8, 4) is 11.3 Å². The molecule has 0 atom stereocenters. The second-order valence-corrected chi connectivity index (χ2v) is 5.11. The van der Waals surface area contributed by atoms with Gasteiger partial charge in [0, 0.05) is 11.5 Å². The van der Waals surface area contributed by atoms with E-state index in [1.807, 2.05) is 13.8 Å². The average Bonchev–Trinajstić information content (AvgIpc) is 2.91. The van der Waals surface area contributed by atoms with Gasteiger partial charge in [0.15, 0.2) is 0 Å². The Labute approximate surface area is 125 Å². The highest BCUT2D eigenvalue weighted by atomic mass is 19.4. The first kappa shape index (κ1) is 16.1. The van der Waals surface area contributed by atoms with E-state index in [1.165, 1.54) is 25.3 Å². The lowest BCUT2D eigenvalue weighted by molar-refractivity contribution is -0.137. The van der Waals surface area contributed by atoms with E-state index >= 15 is 0 Å². The Balaban J connectivity index is 2.43. The monoisotopic (exact) mass is 312 g/mol. The molecule has 0 aliphatic rings. The molecule has 2 aromatic rings. The lowest BCUT2D eigenvalue weighted by Gasteiger charge is -2.06. The fourth-order valence-electron chi connectivity index (χ4n) is 2.07. The summed E-state index contributed by atoms with van der Waals surface area (Å²) in [4.78, 5) is 11.7. The minimum atomic E-state index is -4.39. The Morgan fingerprint density at radius 2 is 1.77 bits per heavy atom. The van der Waals surface area contributed by atoms with E-state index in [0.717, 1.165) is 12.1 Å². The van der Waals surface area contributed by atoms with Crippen LogP contribution in [-0.2, 0) is 10.9 Å². The fourth-order valence-corrected chi connectivity index (χ4v) is 2.07. The molecule has 0 bridgehead atoms. The third-order valence-electron chi connectivity index (χ3n) is 3.19. The van der Waals surface area contributed by atoms with E-state index in [2.05, 4.69) is 0 Å². The molecule has 0 N–H and O–H groups in total. The lowest BCUT2D eigenvalue weighted by atomic mass is 10.1. The highest BCUT2D eigenvalue weighted by Gasteiger charge is 2.30. The van der Waals surface area contributed by atoms with Gasteiger partial charge in [-0.15, -0.1) is 0 Å². The zero-order valence-corrected chi connectivity index (χ0v) is 12.3. The number of ether oxygens (including phenoxy) is 1. The molecule has 118 valence electrons. The fraction of sp³-hybridized carbons (Fsp3) is 0.312. The molecular weight excluding hydrogens is 297 g/mol. The number of carbonyl (C=O) groups is 1. The van der Waals surface area contributed by atoms with Crippen molar-refractivity contribution >= 4 is 5.97 Å². The molecule has 6 heteroatoms. The number of furan rings is 1. The first-order valence-electron chi connectivity index (χ1n) is 6.63. The van der Waals surface area contributed by atoms with Crippen molar-refractivity contribution in [1.82, 2.24) is 0 Å². The van der Waals surface area contributed by atoms with Gasteiger partial charge in [-0.3, -0.25) is 0 Å². The van der Waals surface area contributed by atoms with Crippen molar-refractivity contribution in [3.05, 3.63) is 47.2 Å². The van der Waals surface area contributed by atoms with Gasteiger partial charge in [-0.1, -0.05) is 26.0 Å². The maximum Gasteiger partial charge on any atom is 0.416 e. The first-order chi connectivity index (χ1) is 10.2. The summed E-state index contributed by atoms with van der Waals surface area (Å²) in [5, 5.41) is 0. The second-order valence-electron chi connectivity index (χ2n) is 5.11. The number of benzene rings is 1. The first-order valence-corrected chi connectivity index (χ1v) is 6.63. The number of esters is 1. The zero-order chi connectivity index (χ0) is 16.5. The summed E-state index contributed by atoms with van der Waals surface area (Å²) in [6.45, 7) is 3.70. The Morgan fingerprint density at radius 3 is 2.23 bits per heavy atom. The van der Waals surface area contributed by atoms with E-state index in [9.17, 15) is 18.0 Å². The van der Waals surface area contributed by atoms with E-state index < -0.39 is 17.7 Å². The summed E-state index contributed by atoms with van der Waals surface area (Å²) in [7, 11) is 1.26. The van der Waals surface area contributed by atoms with Crippen LogP contribution in [0, 0.1) is 0 Å². The third kappa shape index (κ3) is 3.16. The maximum atomic E-state index is 12.6. The standard InChI is InChI=1S/C16H15F3O3/c1-9(2)14-12(15(20)21-3)8-13(22-14)10-4-6-11(7-5-10)16(17,18)19/h4-9H,1-3H3. The van der Waals surface area contributed by atoms with Gasteiger partial charge < -0.3 is 9.15 Å². The zero-order valence-electron chi connectivity index (χ0n) is 12.3. The smallest absolute Gasteiger partial charge is 0.416 e. The Kier molecular flexibility index (Phi) is 4.30. The van der Waals surface area contributed by atoms with Crippen LogP contribution >= 0.6 is 0 Å². The van der Waals surface area contributed by atoms with Crippen LogP contribution in [-0.4, -0.2) is 13.1 Å². The van der Waals surface area contributed by atoms with Crippen molar-refractivity contribution in [2.45, 2.75) is 25.9 Å². The number of hydrogen-bond donors (Lipinski definition) is 0. The molecule has 0 unspecified atom stereocenters. The summed E-state index contributed by atoms with van der Waals surface area (Å²) in [6.07, 6.45) is -4.39. The van der Waals surface area contributed by atoms with Gasteiger partial charge in [0.1, 0.15) is 17.1 Å². The van der Waals surface area contributed by atoms with Gasteiger partial charge in [-0.25, -0.2) is 4.79 Å². The van der Waals surface area contributed by atoms with Crippen LogP contribution in [0.25, 0.3) is 11.3 Å². The van der Waals surface area contributed by atoms with Crippen LogP contribution in [0.5, 0.6) is 0 Å². The van der Waals surface area contributed by atoms with Crippen molar-refractivity contribution in [3.63, 3.8) is 0 Å². The minimum Gasteiger partial charge on any atom is -0.465 e. The highest BCUT2D eigenvalue weighted by Crippen LogP contribution is 2.33. The largest absolute Gasteiger partial charge is 0.465 e. The molecule has 0 fully saturated rings. The van der Waals surface area contributed by atoms with Crippen LogP contribution in [0.1, 0.15) is 41.4 Å². The van der Waals surface area contributed by atoms with Crippen molar-refractivity contribution in [2.75, 3.05) is 7.11 Å². The van der Waals surface area contributed by atoms with Gasteiger partial charge in [-0.2, -0.15) is 13.2 Å². The number of alkyl halides is 3. The third-order valence-corrected chi connectivity index (χ3v) is 3.19. The SMILES string of the molecule is COC(=O)c1cc(-c2ccc(C(F)(F)F)cc2)oc1C(C)C. The van der Waals surface area contributed by atoms with Crippen molar-refractivity contribution in [2.24, 2.45) is 0 Å². The number of rotatable bonds is 3. The molecule has 0 radical (unpaired) electrons. The molecule has 1 heterocycles. The van der Waals surface area contributed by atoms with Crippen LogP contribution in [0.4, 0.5) is 13.2 Å². The molecule has 0 amide bonds. The molecular formula is C16H15F3O3. The molecule has 0 aliphatic heterocycles. The summed E-state index contributed by atoms with van der Waals surface area (Å²) in [5.41, 5.74) is 0.0116. The van der Waals surface area contributed by atoms with Gasteiger partial charge >= 0.3 is 12.1 Å². The summed E-state index contributed by atoms with van der Waals surface area (Å²) in [5.74, 6) is 0.183. The molecule has 1 aromatic heterocycles. The van der Waals surface area contributed by atoms with E-state index in [4.69, 9.17) is 9.15 Å². The Bertz CT molecular complexity index is 667. The minimum absolute atomic E-state index is 0.0581. The Hall–Kier alpha value is -2.24. The molecule has 0 spiro atoms. The Morgan fingerprint density at radius 1 is 1.18 bits per heavy atom. The van der Waals surface area contributed by atoms with Crippen molar-refractivity contribution < 1.29 is 27.1 Å². The molecule has 1 aromatic carbocycles. The average molecular weight is 312 g/mol. The van der Waals surface area contributed by atoms with Gasteiger partial charge in [-0.05, 0) is 18.2 Å². The lowest BCUT2D eigenvalue weighted by Crippen LogP contribution is -2.04. The van der Waals surface area contributed by atoms with Crippen molar-refractivity contribution in [1.29, 1.82) is 0 Å². The van der Waals surface area contributed by atoms with E-state index in [0.29, 0.717) is 17.1 Å². The normalized spacial score (nSPS) is 11.8. The van der Waals surface area contributed by atoms with Crippen LogP contribution in [0.3, 0.4) is 0 Å². The van der Waals surface area contributed by atoms with Gasteiger partial charge in [0.2, 0.25) is 0 Å². The second kappa shape index (κ2) is 5.87. The van der Waals surface area contributed by atoms with Gasteiger partial charge in [0.05, 0.1) is 12.7 Å². The van der Waals surface area contributed by atoms with Crippen LogP contribution < -0.4 is 0 Å². The molecule has 22 heavy (non-hydrogen) atoms. The molecule has 0 saturated carbocycles. The summed E-state index contributed by atoms with van der Waals surface area (Å²) < 4.78 is 48.0. The number of halogens is 3. The predicted molar refractivity (Wildman–Crippen MR) is 74.6 cm³/mol. The molecule has 0 aliphatic carbocycles. The topological polar surface area (TPSA) is 39.4 Å².